The summed E-state index contributed by atoms with van der Waals surface area (Å²) in [5.74, 6) is 0.905. The Kier molecular flexibility index (Phi) is 4.18. The third-order valence-corrected chi connectivity index (χ3v) is 4.08. The van der Waals surface area contributed by atoms with Crippen molar-refractivity contribution >= 4 is 5.82 Å². The van der Waals surface area contributed by atoms with Crippen molar-refractivity contribution in [2.75, 3.05) is 31.6 Å². The van der Waals surface area contributed by atoms with Crippen LogP contribution in [0.25, 0.3) is 0 Å². The number of aromatic nitrogens is 1. The average molecular weight is 283 g/mol. The molecule has 0 bridgehead atoms. The van der Waals surface area contributed by atoms with E-state index in [2.05, 4.69) is 46.1 Å². The van der Waals surface area contributed by atoms with Crippen molar-refractivity contribution in [3.8, 4) is 0 Å². The van der Waals surface area contributed by atoms with Gasteiger partial charge in [-0.25, -0.2) is 4.98 Å². The Hall–Kier alpha value is -1.91. The van der Waals surface area contributed by atoms with Gasteiger partial charge in [-0.2, -0.15) is 0 Å². The van der Waals surface area contributed by atoms with Crippen molar-refractivity contribution < 1.29 is 5.11 Å². The number of hydrogen-bond donors (Lipinski definition) is 1. The lowest BCUT2D eigenvalue weighted by atomic mass is 10.0. The van der Waals surface area contributed by atoms with Crippen LogP contribution in [0.1, 0.15) is 17.2 Å². The standard InChI is InChI=1S/C17H21N3O/c1-19-10-11-20(17-15(13-21)8-5-9-18-17)16(12-19)14-6-3-2-4-7-14/h2-9,16,21H,10-13H2,1H3/t16-/m0/s1. The topological polar surface area (TPSA) is 39.6 Å². The molecule has 3 rings (SSSR count). The number of likely N-dealkylation sites (N-methyl/N-ethyl adjacent to an activating group) is 1. The molecule has 1 aliphatic heterocycles. The average Bonchev–Trinajstić information content (AvgIpc) is 2.55. The summed E-state index contributed by atoms with van der Waals surface area (Å²) in [6, 6.07) is 14.6. The van der Waals surface area contributed by atoms with Gasteiger partial charge < -0.3 is 14.9 Å². The molecule has 1 aromatic heterocycles. The fourth-order valence-corrected chi connectivity index (χ4v) is 2.95. The van der Waals surface area contributed by atoms with Crippen molar-refractivity contribution in [3.05, 3.63) is 59.8 Å². The summed E-state index contributed by atoms with van der Waals surface area (Å²) < 4.78 is 0. The van der Waals surface area contributed by atoms with Crippen LogP contribution in [-0.4, -0.2) is 41.7 Å². The molecule has 1 N–H and O–H groups in total. The summed E-state index contributed by atoms with van der Waals surface area (Å²) in [7, 11) is 2.15. The maximum Gasteiger partial charge on any atom is 0.134 e. The summed E-state index contributed by atoms with van der Waals surface area (Å²) in [5.41, 5.74) is 2.18. The van der Waals surface area contributed by atoms with E-state index in [-0.39, 0.29) is 12.6 Å². The Bertz CT molecular complexity index is 588. The second-order valence-corrected chi connectivity index (χ2v) is 5.53. The molecule has 2 heterocycles. The highest BCUT2D eigenvalue weighted by Gasteiger charge is 2.28. The first kappa shape index (κ1) is 14.0. The van der Waals surface area contributed by atoms with E-state index in [0.29, 0.717) is 0 Å². The molecule has 21 heavy (non-hydrogen) atoms. The number of anilines is 1. The van der Waals surface area contributed by atoms with E-state index in [0.717, 1.165) is 31.0 Å². The maximum atomic E-state index is 9.58. The Morgan fingerprint density at radius 1 is 1.14 bits per heavy atom. The van der Waals surface area contributed by atoms with Gasteiger partial charge in [-0.15, -0.1) is 0 Å². The minimum atomic E-state index is 0.0248. The predicted octanol–water partition coefficient (Wildman–Crippen LogP) is 2.07. The second-order valence-electron chi connectivity index (χ2n) is 5.53. The number of benzene rings is 1. The van der Waals surface area contributed by atoms with Crippen LogP contribution in [0, 0.1) is 0 Å². The molecule has 0 saturated carbocycles. The summed E-state index contributed by atoms with van der Waals surface area (Å²) in [6.07, 6.45) is 1.80. The first-order chi connectivity index (χ1) is 10.3. The van der Waals surface area contributed by atoms with Crippen LogP contribution in [0.5, 0.6) is 0 Å². The Balaban J connectivity index is 1.98. The molecule has 0 aliphatic carbocycles. The van der Waals surface area contributed by atoms with Crippen LogP contribution in [0.4, 0.5) is 5.82 Å². The summed E-state index contributed by atoms with van der Waals surface area (Å²) >= 11 is 0. The molecule has 0 amide bonds. The van der Waals surface area contributed by atoms with Crippen LogP contribution in [0.2, 0.25) is 0 Å². The summed E-state index contributed by atoms with van der Waals surface area (Å²) in [5, 5.41) is 9.58. The Morgan fingerprint density at radius 3 is 2.71 bits per heavy atom. The molecular formula is C17H21N3O. The van der Waals surface area contributed by atoms with Crippen molar-refractivity contribution in [2.45, 2.75) is 12.6 Å². The molecule has 4 nitrogen and oxygen atoms in total. The number of piperazine rings is 1. The Labute approximate surface area is 125 Å². The first-order valence-electron chi connectivity index (χ1n) is 7.34. The van der Waals surface area contributed by atoms with E-state index in [1.807, 2.05) is 18.2 Å². The number of hydrogen-bond acceptors (Lipinski definition) is 4. The van der Waals surface area contributed by atoms with Gasteiger partial charge in [0.2, 0.25) is 0 Å². The van der Waals surface area contributed by atoms with Crippen LogP contribution < -0.4 is 4.90 Å². The van der Waals surface area contributed by atoms with Crippen LogP contribution >= 0.6 is 0 Å². The van der Waals surface area contributed by atoms with Crippen molar-refractivity contribution in [1.82, 2.24) is 9.88 Å². The molecule has 1 saturated heterocycles. The van der Waals surface area contributed by atoms with Crippen LogP contribution in [0.3, 0.4) is 0 Å². The smallest absolute Gasteiger partial charge is 0.134 e. The van der Waals surface area contributed by atoms with Gasteiger partial charge in [-0.3, -0.25) is 0 Å². The van der Waals surface area contributed by atoms with Gasteiger partial charge in [-0.05, 0) is 18.7 Å². The molecule has 2 aromatic rings. The monoisotopic (exact) mass is 283 g/mol. The third-order valence-electron chi connectivity index (χ3n) is 4.08. The second kappa shape index (κ2) is 6.24. The lowest BCUT2D eigenvalue weighted by Gasteiger charge is -2.41. The number of pyridine rings is 1. The zero-order chi connectivity index (χ0) is 14.7. The highest BCUT2D eigenvalue weighted by atomic mass is 16.3. The molecule has 1 aliphatic rings. The fraction of sp³-hybridized carbons (Fsp3) is 0.353. The highest BCUT2D eigenvalue weighted by molar-refractivity contribution is 5.49. The summed E-state index contributed by atoms with van der Waals surface area (Å²) in [6.45, 7) is 2.91. The van der Waals surface area contributed by atoms with Crippen LogP contribution in [0.15, 0.2) is 48.7 Å². The number of rotatable bonds is 3. The molecule has 1 fully saturated rings. The zero-order valence-corrected chi connectivity index (χ0v) is 12.3. The maximum absolute atomic E-state index is 9.58. The lowest BCUT2D eigenvalue weighted by molar-refractivity contribution is 0.262. The number of aliphatic hydroxyl groups excluding tert-OH is 1. The van der Waals surface area contributed by atoms with E-state index >= 15 is 0 Å². The predicted molar refractivity (Wildman–Crippen MR) is 84.2 cm³/mol. The van der Waals surface area contributed by atoms with Gasteiger partial charge in [0, 0.05) is 31.4 Å². The fourth-order valence-electron chi connectivity index (χ4n) is 2.95. The SMILES string of the molecule is CN1CCN(c2ncccc2CO)[C@H](c2ccccc2)C1. The van der Waals surface area contributed by atoms with Gasteiger partial charge in [0.1, 0.15) is 5.82 Å². The minimum Gasteiger partial charge on any atom is -0.392 e. The third kappa shape index (κ3) is 2.91. The van der Waals surface area contributed by atoms with E-state index in [4.69, 9.17) is 0 Å². The number of nitrogens with zero attached hydrogens (tertiary/aromatic N) is 3. The molecule has 1 atom stereocenters. The van der Waals surface area contributed by atoms with Gasteiger partial charge in [0.25, 0.3) is 0 Å². The van der Waals surface area contributed by atoms with E-state index in [1.54, 1.807) is 6.20 Å². The van der Waals surface area contributed by atoms with Crippen molar-refractivity contribution in [2.24, 2.45) is 0 Å². The van der Waals surface area contributed by atoms with Gasteiger partial charge >= 0.3 is 0 Å². The normalized spacial score (nSPS) is 19.7. The molecule has 0 radical (unpaired) electrons. The van der Waals surface area contributed by atoms with E-state index < -0.39 is 0 Å². The van der Waals surface area contributed by atoms with Crippen LogP contribution in [-0.2, 0) is 6.61 Å². The summed E-state index contributed by atoms with van der Waals surface area (Å²) in [4.78, 5) is 9.18. The molecule has 0 spiro atoms. The quantitative estimate of drug-likeness (QED) is 0.936. The van der Waals surface area contributed by atoms with Gasteiger partial charge in [0.15, 0.2) is 0 Å². The van der Waals surface area contributed by atoms with Crippen molar-refractivity contribution in [1.29, 1.82) is 0 Å². The molecule has 0 unspecified atom stereocenters. The number of aliphatic hydroxyl groups is 1. The van der Waals surface area contributed by atoms with E-state index in [1.165, 1.54) is 5.56 Å². The Morgan fingerprint density at radius 2 is 1.95 bits per heavy atom. The van der Waals surface area contributed by atoms with Crippen molar-refractivity contribution in [3.63, 3.8) is 0 Å². The van der Waals surface area contributed by atoms with Gasteiger partial charge in [0.05, 0.1) is 12.6 Å². The first-order valence-corrected chi connectivity index (χ1v) is 7.34. The van der Waals surface area contributed by atoms with E-state index in [9.17, 15) is 5.11 Å². The molecule has 110 valence electrons. The molecule has 1 aromatic carbocycles. The zero-order valence-electron chi connectivity index (χ0n) is 12.3. The largest absolute Gasteiger partial charge is 0.392 e. The highest BCUT2D eigenvalue weighted by Crippen LogP contribution is 2.31. The minimum absolute atomic E-state index is 0.0248. The molecule has 4 heteroatoms. The lowest BCUT2D eigenvalue weighted by Crippen LogP contribution is -2.47. The molecular weight excluding hydrogens is 262 g/mol. The van der Waals surface area contributed by atoms with Gasteiger partial charge in [-0.1, -0.05) is 36.4 Å².